The summed E-state index contributed by atoms with van der Waals surface area (Å²) in [6.07, 6.45) is 0. The second-order valence-corrected chi connectivity index (χ2v) is 4.42. The van der Waals surface area contributed by atoms with E-state index in [9.17, 15) is 4.79 Å². The van der Waals surface area contributed by atoms with E-state index in [4.69, 9.17) is 16.3 Å². The Morgan fingerprint density at radius 3 is 2.80 bits per heavy atom. The van der Waals surface area contributed by atoms with Gasteiger partial charge in [0.1, 0.15) is 11.5 Å². The van der Waals surface area contributed by atoms with Crippen LogP contribution in [-0.2, 0) is 4.79 Å². The first-order chi connectivity index (χ1) is 7.06. The SMILES string of the molecule is CCOc1cc(C(Br)C(C)=O)ccc1Cl. The van der Waals surface area contributed by atoms with E-state index in [2.05, 4.69) is 15.9 Å². The Labute approximate surface area is 103 Å². The summed E-state index contributed by atoms with van der Waals surface area (Å²) in [5.74, 6) is 0.669. The third-order valence-corrected chi connectivity index (χ3v) is 3.39. The van der Waals surface area contributed by atoms with Crippen molar-refractivity contribution >= 4 is 33.3 Å². The molecule has 0 saturated heterocycles. The third kappa shape index (κ3) is 3.21. The van der Waals surface area contributed by atoms with E-state index in [1.54, 1.807) is 12.1 Å². The highest BCUT2D eigenvalue weighted by Crippen LogP contribution is 2.31. The number of carbonyl (C=O) groups excluding carboxylic acids is 1. The van der Waals surface area contributed by atoms with Crippen LogP contribution in [0.5, 0.6) is 5.75 Å². The lowest BCUT2D eigenvalue weighted by atomic mass is 10.1. The monoisotopic (exact) mass is 290 g/mol. The van der Waals surface area contributed by atoms with E-state index >= 15 is 0 Å². The Bertz CT molecular complexity index is 366. The van der Waals surface area contributed by atoms with Crippen molar-refractivity contribution in [3.05, 3.63) is 28.8 Å². The number of alkyl halides is 1. The van der Waals surface area contributed by atoms with Crippen LogP contribution in [0, 0.1) is 0 Å². The molecule has 0 N–H and O–H groups in total. The quantitative estimate of drug-likeness (QED) is 0.790. The maximum atomic E-state index is 11.2. The molecule has 4 heteroatoms. The van der Waals surface area contributed by atoms with Crippen LogP contribution in [-0.4, -0.2) is 12.4 Å². The number of hydrogen-bond donors (Lipinski definition) is 0. The maximum Gasteiger partial charge on any atom is 0.147 e. The molecule has 0 fully saturated rings. The summed E-state index contributed by atoms with van der Waals surface area (Å²) in [7, 11) is 0. The molecule has 1 unspecified atom stereocenters. The Hall–Kier alpha value is -0.540. The van der Waals surface area contributed by atoms with Gasteiger partial charge in [0.15, 0.2) is 0 Å². The first-order valence-electron chi connectivity index (χ1n) is 4.63. The van der Waals surface area contributed by atoms with Gasteiger partial charge < -0.3 is 4.74 Å². The zero-order valence-electron chi connectivity index (χ0n) is 8.59. The minimum Gasteiger partial charge on any atom is -0.492 e. The second kappa shape index (κ2) is 5.52. The molecule has 0 aliphatic rings. The smallest absolute Gasteiger partial charge is 0.147 e. The number of carbonyl (C=O) groups is 1. The molecule has 0 amide bonds. The van der Waals surface area contributed by atoms with Crippen molar-refractivity contribution in [3.8, 4) is 5.75 Å². The molecule has 0 aliphatic carbocycles. The molecule has 1 aromatic carbocycles. The van der Waals surface area contributed by atoms with Gasteiger partial charge in [-0.15, -0.1) is 0 Å². The minimum absolute atomic E-state index is 0.0553. The molecule has 0 heterocycles. The minimum atomic E-state index is -0.297. The van der Waals surface area contributed by atoms with Crippen LogP contribution in [0.1, 0.15) is 24.2 Å². The van der Waals surface area contributed by atoms with Gasteiger partial charge in [0, 0.05) is 0 Å². The summed E-state index contributed by atoms with van der Waals surface area (Å²) in [4.78, 5) is 10.9. The van der Waals surface area contributed by atoms with Crippen LogP contribution in [0.2, 0.25) is 5.02 Å². The fourth-order valence-electron chi connectivity index (χ4n) is 1.18. The third-order valence-electron chi connectivity index (χ3n) is 1.90. The van der Waals surface area contributed by atoms with Gasteiger partial charge in [0.25, 0.3) is 0 Å². The van der Waals surface area contributed by atoms with Crippen LogP contribution < -0.4 is 4.74 Å². The Morgan fingerprint density at radius 2 is 2.27 bits per heavy atom. The standard InChI is InChI=1S/C11H12BrClO2/c1-3-15-10-6-8(4-5-9(10)13)11(12)7(2)14/h4-6,11H,3H2,1-2H3. The lowest BCUT2D eigenvalue weighted by Crippen LogP contribution is -2.02. The highest BCUT2D eigenvalue weighted by Gasteiger charge is 2.14. The van der Waals surface area contributed by atoms with Crippen molar-refractivity contribution in [2.45, 2.75) is 18.7 Å². The largest absolute Gasteiger partial charge is 0.492 e. The molecule has 2 nitrogen and oxygen atoms in total. The molecular formula is C11H12BrClO2. The van der Waals surface area contributed by atoms with Crippen molar-refractivity contribution in [2.75, 3.05) is 6.61 Å². The van der Waals surface area contributed by atoms with E-state index in [-0.39, 0.29) is 10.6 Å². The van der Waals surface area contributed by atoms with Crippen molar-refractivity contribution in [2.24, 2.45) is 0 Å². The average molecular weight is 292 g/mol. The number of benzene rings is 1. The Kier molecular flexibility index (Phi) is 4.61. The van der Waals surface area contributed by atoms with Crippen molar-refractivity contribution in [1.82, 2.24) is 0 Å². The molecule has 0 radical (unpaired) electrons. The Balaban J connectivity index is 3.01. The fraction of sp³-hybridized carbons (Fsp3) is 0.364. The van der Waals surface area contributed by atoms with E-state index < -0.39 is 0 Å². The topological polar surface area (TPSA) is 26.3 Å². The summed E-state index contributed by atoms with van der Waals surface area (Å²) in [6.45, 7) is 3.98. The van der Waals surface area contributed by atoms with Gasteiger partial charge in [-0.1, -0.05) is 33.6 Å². The second-order valence-electron chi connectivity index (χ2n) is 3.10. The van der Waals surface area contributed by atoms with E-state index in [1.807, 2.05) is 13.0 Å². The lowest BCUT2D eigenvalue weighted by Gasteiger charge is -2.10. The number of hydrogen-bond acceptors (Lipinski definition) is 2. The van der Waals surface area contributed by atoms with Crippen molar-refractivity contribution in [1.29, 1.82) is 0 Å². The van der Waals surface area contributed by atoms with Gasteiger partial charge in [-0.3, -0.25) is 4.79 Å². The normalized spacial score (nSPS) is 12.3. The zero-order chi connectivity index (χ0) is 11.4. The molecule has 0 spiro atoms. The highest BCUT2D eigenvalue weighted by atomic mass is 79.9. The number of ketones is 1. The van der Waals surface area contributed by atoms with Crippen LogP contribution in [0.25, 0.3) is 0 Å². The van der Waals surface area contributed by atoms with E-state index in [0.29, 0.717) is 17.4 Å². The highest BCUT2D eigenvalue weighted by molar-refractivity contribution is 9.09. The summed E-state index contributed by atoms with van der Waals surface area (Å²) in [6, 6.07) is 5.33. The molecule has 15 heavy (non-hydrogen) atoms. The lowest BCUT2D eigenvalue weighted by molar-refractivity contribution is -0.116. The van der Waals surface area contributed by atoms with Gasteiger partial charge in [0.2, 0.25) is 0 Å². The van der Waals surface area contributed by atoms with E-state index in [0.717, 1.165) is 5.56 Å². The van der Waals surface area contributed by atoms with Gasteiger partial charge in [-0.25, -0.2) is 0 Å². The number of ether oxygens (including phenoxy) is 1. The van der Waals surface area contributed by atoms with Gasteiger partial charge >= 0.3 is 0 Å². The van der Waals surface area contributed by atoms with Crippen LogP contribution in [0.4, 0.5) is 0 Å². The fourth-order valence-corrected chi connectivity index (χ4v) is 1.64. The van der Waals surface area contributed by atoms with Crippen LogP contribution in [0.15, 0.2) is 18.2 Å². The van der Waals surface area contributed by atoms with Crippen LogP contribution >= 0.6 is 27.5 Å². The molecule has 1 atom stereocenters. The van der Waals surface area contributed by atoms with Gasteiger partial charge in [-0.2, -0.15) is 0 Å². The van der Waals surface area contributed by atoms with Gasteiger partial charge in [0.05, 0.1) is 16.5 Å². The first-order valence-corrected chi connectivity index (χ1v) is 5.92. The predicted octanol–water partition coefficient (Wildman–Crippen LogP) is 3.76. The molecule has 1 aromatic rings. The Morgan fingerprint density at radius 1 is 1.60 bits per heavy atom. The average Bonchev–Trinajstić information content (AvgIpc) is 2.20. The molecule has 0 aliphatic heterocycles. The number of halogens is 2. The summed E-state index contributed by atoms with van der Waals surface area (Å²) in [5.41, 5.74) is 0.857. The predicted molar refractivity (Wildman–Crippen MR) is 65.0 cm³/mol. The number of rotatable bonds is 4. The zero-order valence-corrected chi connectivity index (χ0v) is 10.9. The molecule has 0 saturated carbocycles. The summed E-state index contributed by atoms with van der Waals surface area (Å²) >= 11 is 9.25. The number of Topliss-reactive ketones (excluding diaryl/α,β-unsaturated/α-hetero) is 1. The molecular weight excluding hydrogens is 279 g/mol. The van der Waals surface area contributed by atoms with Crippen molar-refractivity contribution in [3.63, 3.8) is 0 Å². The van der Waals surface area contributed by atoms with E-state index in [1.165, 1.54) is 6.92 Å². The molecule has 82 valence electrons. The summed E-state index contributed by atoms with van der Waals surface area (Å²) in [5, 5.41) is 0.559. The molecule has 0 bridgehead atoms. The summed E-state index contributed by atoms with van der Waals surface area (Å²) < 4.78 is 5.34. The first kappa shape index (κ1) is 12.5. The van der Waals surface area contributed by atoms with Crippen LogP contribution in [0.3, 0.4) is 0 Å². The molecule has 1 rings (SSSR count). The van der Waals surface area contributed by atoms with Crippen molar-refractivity contribution < 1.29 is 9.53 Å². The van der Waals surface area contributed by atoms with Gasteiger partial charge in [-0.05, 0) is 31.5 Å². The molecule has 0 aromatic heterocycles. The maximum absolute atomic E-state index is 11.2.